The Morgan fingerprint density at radius 2 is 2.16 bits per heavy atom. The highest BCUT2D eigenvalue weighted by Crippen LogP contribution is 2.50. The fourth-order valence-corrected chi connectivity index (χ4v) is 3.46. The van der Waals surface area contributed by atoms with E-state index in [0.29, 0.717) is 13.0 Å². The third-order valence-electron chi connectivity index (χ3n) is 5.44. The summed E-state index contributed by atoms with van der Waals surface area (Å²) in [5.74, 6) is -0.162. The Bertz CT molecular complexity index is 774. The van der Waals surface area contributed by atoms with Crippen LogP contribution in [0.25, 0.3) is 10.9 Å². The monoisotopic (exact) mass is 366 g/mol. The molecule has 1 aliphatic carbocycles. The van der Waals surface area contributed by atoms with Crippen LogP contribution in [0.15, 0.2) is 24.4 Å². The Balaban J connectivity index is 0.00000225. The minimum atomic E-state index is -0.924. The molecule has 0 saturated heterocycles. The molecule has 3 rings (SSSR count). The van der Waals surface area contributed by atoms with E-state index in [-0.39, 0.29) is 24.4 Å². The van der Waals surface area contributed by atoms with Gasteiger partial charge in [-0.2, -0.15) is 5.10 Å². The summed E-state index contributed by atoms with van der Waals surface area (Å²) in [4.78, 5) is 12.8. The van der Waals surface area contributed by atoms with Crippen LogP contribution in [0, 0.1) is 5.41 Å². The van der Waals surface area contributed by atoms with Crippen molar-refractivity contribution < 1.29 is 9.53 Å². The first-order valence-corrected chi connectivity index (χ1v) is 8.51. The number of nitrogens with one attached hydrogen (secondary N) is 1. The van der Waals surface area contributed by atoms with Crippen molar-refractivity contribution in [2.75, 3.05) is 11.9 Å². The normalized spacial score (nSPS) is 24.4. The Morgan fingerprint density at radius 3 is 2.76 bits per heavy atom. The molecule has 0 bridgehead atoms. The van der Waals surface area contributed by atoms with Gasteiger partial charge < -0.3 is 15.8 Å². The van der Waals surface area contributed by atoms with E-state index in [9.17, 15) is 4.79 Å². The molecule has 7 heteroatoms. The van der Waals surface area contributed by atoms with Crippen molar-refractivity contribution in [3.63, 3.8) is 0 Å². The highest BCUT2D eigenvalue weighted by Gasteiger charge is 2.62. The van der Waals surface area contributed by atoms with Crippen molar-refractivity contribution in [3.8, 4) is 0 Å². The van der Waals surface area contributed by atoms with Gasteiger partial charge in [0.05, 0.1) is 17.8 Å². The molecule has 25 heavy (non-hydrogen) atoms. The lowest BCUT2D eigenvalue weighted by molar-refractivity contribution is -0.166. The fourth-order valence-electron chi connectivity index (χ4n) is 3.46. The topological polar surface area (TPSA) is 82.2 Å². The summed E-state index contributed by atoms with van der Waals surface area (Å²) in [5, 5.41) is 8.36. The zero-order valence-corrected chi connectivity index (χ0v) is 16.0. The molecule has 2 aromatic rings. The average molecular weight is 367 g/mol. The number of aromatic nitrogens is 2. The van der Waals surface area contributed by atoms with Crippen molar-refractivity contribution in [3.05, 3.63) is 24.4 Å². The van der Waals surface area contributed by atoms with Gasteiger partial charge in [-0.3, -0.25) is 9.48 Å². The molecule has 0 aliphatic heterocycles. The van der Waals surface area contributed by atoms with Crippen LogP contribution >= 0.6 is 12.4 Å². The molecule has 0 spiro atoms. The van der Waals surface area contributed by atoms with Gasteiger partial charge in [-0.25, -0.2) is 0 Å². The maximum atomic E-state index is 12.8. The first-order valence-electron chi connectivity index (χ1n) is 8.51. The summed E-state index contributed by atoms with van der Waals surface area (Å²) in [5.41, 5.74) is 6.85. The van der Waals surface area contributed by atoms with Crippen LogP contribution in [0.2, 0.25) is 0 Å². The van der Waals surface area contributed by atoms with Crippen LogP contribution in [-0.2, 0) is 16.1 Å². The second-order valence-corrected chi connectivity index (χ2v) is 7.03. The summed E-state index contributed by atoms with van der Waals surface area (Å²) in [6.07, 6.45) is 2.38. The number of rotatable bonds is 5. The molecular weight excluding hydrogens is 340 g/mol. The van der Waals surface area contributed by atoms with E-state index in [0.717, 1.165) is 23.1 Å². The van der Waals surface area contributed by atoms with Gasteiger partial charge in [0.15, 0.2) is 0 Å². The summed E-state index contributed by atoms with van der Waals surface area (Å²) < 4.78 is 7.60. The van der Waals surface area contributed by atoms with Gasteiger partial charge in [0, 0.05) is 36.1 Å². The zero-order valence-electron chi connectivity index (χ0n) is 15.2. The van der Waals surface area contributed by atoms with Crippen molar-refractivity contribution >= 4 is 34.9 Å². The average Bonchev–Trinajstić information content (AvgIpc) is 2.96. The summed E-state index contributed by atoms with van der Waals surface area (Å²) in [7, 11) is 0. The first kappa shape index (κ1) is 19.7. The number of fused-ring (bicyclic) bond motifs is 1. The third kappa shape index (κ3) is 3.03. The second-order valence-electron chi connectivity index (χ2n) is 7.03. The second kappa shape index (κ2) is 6.94. The SMILES string of the molecule is CCOC1CC(N)(C(=O)Nc2ccc3cnn(CC)c3c2)C1(C)C.Cl. The number of anilines is 1. The van der Waals surface area contributed by atoms with Gasteiger partial charge in [-0.05, 0) is 32.0 Å². The van der Waals surface area contributed by atoms with Crippen molar-refractivity contribution in [2.45, 2.75) is 52.3 Å². The van der Waals surface area contributed by atoms with Crippen LogP contribution < -0.4 is 11.1 Å². The van der Waals surface area contributed by atoms with E-state index in [2.05, 4.69) is 10.4 Å². The van der Waals surface area contributed by atoms with Crippen molar-refractivity contribution in [1.29, 1.82) is 0 Å². The smallest absolute Gasteiger partial charge is 0.245 e. The zero-order chi connectivity index (χ0) is 17.5. The standard InChI is InChI=1S/C18H26N4O2.ClH/c1-5-22-14-9-13(8-7-12(14)11-20-22)21-16(23)18(19)10-15(24-6-2)17(18,3)4;/h7-9,11,15H,5-6,10,19H2,1-4H3,(H,21,23);1H. The van der Waals surface area contributed by atoms with E-state index in [1.165, 1.54) is 0 Å². The number of halogens is 1. The number of nitrogens with zero attached hydrogens (tertiary/aromatic N) is 2. The maximum absolute atomic E-state index is 12.8. The molecule has 0 radical (unpaired) electrons. The quantitative estimate of drug-likeness (QED) is 0.852. The van der Waals surface area contributed by atoms with Gasteiger partial charge in [0.25, 0.3) is 0 Å². The molecule has 1 aliphatic rings. The van der Waals surface area contributed by atoms with Crippen LogP contribution in [0.3, 0.4) is 0 Å². The maximum Gasteiger partial charge on any atom is 0.245 e. The number of ether oxygens (including phenoxy) is 1. The molecule has 2 atom stereocenters. The van der Waals surface area contributed by atoms with Crippen molar-refractivity contribution in [2.24, 2.45) is 11.1 Å². The number of hydrogen-bond donors (Lipinski definition) is 2. The number of hydrogen-bond acceptors (Lipinski definition) is 4. The van der Waals surface area contributed by atoms with Crippen LogP contribution in [0.5, 0.6) is 0 Å². The Labute approximate surface area is 154 Å². The molecule has 1 saturated carbocycles. The Morgan fingerprint density at radius 1 is 1.44 bits per heavy atom. The van der Waals surface area contributed by atoms with E-state index >= 15 is 0 Å². The number of amides is 1. The van der Waals surface area contributed by atoms with Gasteiger partial charge >= 0.3 is 0 Å². The lowest BCUT2D eigenvalue weighted by Crippen LogP contribution is -2.74. The van der Waals surface area contributed by atoms with Gasteiger partial charge in [0.2, 0.25) is 5.91 Å². The Hall–Kier alpha value is -1.63. The summed E-state index contributed by atoms with van der Waals surface area (Å²) >= 11 is 0. The largest absolute Gasteiger partial charge is 0.378 e. The number of carbonyl (C=O) groups is 1. The molecule has 6 nitrogen and oxygen atoms in total. The van der Waals surface area contributed by atoms with E-state index in [4.69, 9.17) is 10.5 Å². The summed E-state index contributed by atoms with van der Waals surface area (Å²) in [6, 6.07) is 5.79. The molecule has 1 aromatic carbocycles. The van der Waals surface area contributed by atoms with E-state index in [1.54, 1.807) is 0 Å². The predicted octanol–water partition coefficient (Wildman–Crippen LogP) is 2.95. The molecule has 3 N–H and O–H groups in total. The minimum absolute atomic E-state index is 0. The van der Waals surface area contributed by atoms with Crippen molar-refractivity contribution in [1.82, 2.24) is 9.78 Å². The number of carbonyl (C=O) groups excluding carboxylic acids is 1. The van der Waals surface area contributed by atoms with Gasteiger partial charge in [-0.15, -0.1) is 12.4 Å². The first-order chi connectivity index (χ1) is 11.3. The molecular formula is C18H27ClN4O2. The minimum Gasteiger partial charge on any atom is -0.378 e. The number of nitrogens with two attached hydrogens (primary N) is 1. The molecule has 1 aromatic heterocycles. The summed E-state index contributed by atoms with van der Waals surface area (Å²) in [6.45, 7) is 9.39. The fraction of sp³-hybridized carbons (Fsp3) is 0.556. The number of aryl methyl sites for hydroxylation is 1. The highest BCUT2D eigenvalue weighted by molar-refractivity contribution is 6.01. The lowest BCUT2D eigenvalue weighted by atomic mass is 9.54. The molecule has 1 fully saturated rings. The highest BCUT2D eigenvalue weighted by atomic mass is 35.5. The molecule has 1 heterocycles. The van der Waals surface area contributed by atoms with E-state index in [1.807, 2.05) is 56.8 Å². The molecule has 2 unspecified atom stereocenters. The lowest BCUT2D eigenvalue weighted by Gasteiger charge is -2.57. The van der Waals surface area contributed by atoms with Crippen LogP contribution in [0.1, 0.15) is 34.1 Å². The predicted molar refractivity (Wildman–Crippen MR) is 102 cm³/mol. The third-order valence-corrected chi connectivity index (χ3v) is 5.44. The molecule has 1 amide bonds. The van der Waals surface area contributed by atoms with Gasteiger partial charge in [0.1, 0.15) is 5.54 Å². The van der Waals surface area contributed by atoms with Crippen LogP contribution in [-0.4, -0.2) is 33.9 Å². The van der Waals surface area contributed by atoms with Crippen LogP contribution in [0.4, 0.5) is 5.69 Å². The Kier molecular flexibility index (Phi) is 5.47. The van der Waals surface area contributed by atoms with Gasteiger partial charge in [-0.1, -0.05) is 13.8 Å². The number of benzene rings is 1. The van der Waals surface area contributed by atoms with E-state index < -0.39 is 11.0 Å². The molecule has 138 valence electrons.